The minimum Gasteiger partial charge on any atom is -0.484 e. The summed E-state index contributed by atoms with van der Waals surface area (Å²) in [6.45, 7) is 3.10. The summed E-state index contributed by atoms with van der Waals surface area (Å²) in [6, 6.07) is 18.0. The molecule has 38 heavy (non-hydrogen) atoms. The first-order chi connectivity index (χ1) is 18.3. The van der Waals surface area contributed by atoms with Gasteiger partial charge in [0.05, 0.1) is 30.9 Å². The summed E-state index contributed by atoms with van der Waals surface area (Å²) in [5.74, 6) is 0.227. The molecule has 202 valence electrons. The highest BCUT2D eigenvalue weighted by Crippen LogP contribution is 2.21. The Bertz CT molecular complexity index is 1290. The van der Waals surface area contributed by atoms with Crippen LogP contribution in [0, 0.1) is 0 Å². The van der Waals surface area contributed by atoms with Gasteiger partial charge in [-0.2, -0.15) is 4.31 Å². The van der Waals surface area contributed by atoms with Gasteiger partial charge >= 0.3 is 0 Å². The summed E-state index contributed by atoms with van der Waals surface area (Å²) in [6.07, 6.45) is 1.53. The van der Waals surface area contributed by atoms with E-state index < -0.39 is 16.1 Å². The number of nitrogens with zero attached hydrogens (tertiary/aromatic N) is 2. The third-order valence-electron chi connectivity index (χ3n) is 6.17. The van der Waals surface area contributed by atoms with Gasteiger partial charge in [-0.25, -0.2) is 8.42 Å². The molecule has 0 unspecified atom stereocenters. The number of benzene rings is 2. The number of hydrogen-bond acceptors (Lipinski definition) is 7. The SMILES string of the molecule is C[C@H](C(=O)NCc1ccco1)N(Cc1ccccc1)C(=O)COc1ccc(S(=O)(=O)N2CCOCC2)cc1. The Morgan fingerprint density at radius 3 is 2.39 bits per heavy atom. The monoisotopic (exact) mass is 541 g/mol. The third-order valence-corrected chi connectivity index (χ3v) is 8.09. The predicted molar refractivity (Wildman–Crippen MR) is 139 cm³/mol. The van der Waals surface area contributed by atoms with Gasteiger partial charge in [-0.3, -0.25) is 9.59 Å². The minimum absolute atomic E-state index is 0.144. The second-order valence-electron chi connectivity index (χ2n) is 8.76. The van der Waals surface area contributed by atoms with Gasteiger partial charge in [-0.1, -0.05) is 30.3 Å². The molecule has 0 aliphatic carbocycles. The van der Waals surface area contributed by atoms with Crippen molar-refractivity contribution in [3.05, 3.63) is 84.3 Å². The number of nitrogens with one attached hydrogen (secondary N) is 1. The molecule has 4 rings (SSSR count). The first kappa shape index (κ1) is 27.4. The molecule has 11 heteroatoms. The number of sulfonamides is 1. The molecule has 0 spiro atoms. The Kier molecular flexibility index (Phi) is 9.16. The zero-order valence-electron chi connectivity index (χ0n) is 21.1. The van der Waals surface area contributed by atoms with Gasteiger partial charge in [0.1, 0.15) is 17.6 Å². The molecule has 1 aromatic heterocycles. The molecule has 2 amide bonds. The molecule has 1 aliphatic heterocycles. The van der Waals surface area contributed by atoms with Gasteiger partial charge in [-0.05, 0) is 48.9 Å². The maximum atomic E-state index is 13.2. The number of hydrogen-bond donors (Lipinski definition) is 1. The van der Waals surface area contributed by atoms with E-state index in [0.717, 1.165) is 5.56 Å². The molecule has 1 aliphatic rings. The lowest BCUT2D eigenvalue weighted by Crippen LogP contribution is -2.48. The standard InChI is InChI=1S/C27H31N3O7S/c1-21(27(32)28-18-24-8-5-15-36-24)30(19-22-6-3-2-4-7-22)26(31)20-37-23-9-11-25(12-10-23)38(33,34)29-13-16-35-17-14-29/h2-12,15,21H,13-14,16-20H2,1H3,(H,28,32)/t21-/m1/s1. The Morgan fingerprint density at radius 1 is 1.03 bits per heavy atom. The smallest absolute Gasteiger partial charge is 0.261 e. The summed E-state index contributed by atoms with van der Waals surface area (Å²) in [4.78, 5) is 27.7. The number of carbonyl (C=O) groups excluding carboxylic acids is 2. The Hall–Kier alpha value is -3.67. The van der Waals surface area contributed by atoms with E-state index in [4.69, 9.17) is 13.9 Å². The Labute approximate surface area is 222 Å². The largest absolute Gasteiger partial charge is 0.484 e. The molecule has 2 aromatic carbocycles. The van der Waals surface area contributed by atoms with E-state index in [2.05, 4.69) is 5.32 Å². The van der Waals surface area contributed by atoms with Gasteiger partial charge in [0.15, 0.2) is 6.61 Å². The average molecular weight is 542 g/mol. The van der Waals surface area contributed by atoms with Crippen LogP contribution in [0.3, 0.4) is 0 Å². The van der Waals surface area contributed by atoms with E-state index in [1.807, 2.05) is 30.3 Å². The fourth-order valence-corrected chi connectivity index (χ4v) is 5.38. The number of ether oxygens (including phenoxy) is 2. The topological polar surface area (TPSA) is 118 Å². The number of amides is 2. The zero-order valence-corrected chi connectivity index (χ0v) is 21.9. The van der Waals surface area contributed by atoms with Crippen LogP contribution >= 0.6 is 0 Å². The van der Waals surface area contributed by atoms with Crippen molar-refractivity contribution in [1.29, 1.82) is 0 Å². The van der Waals surface area contributed by atoms with Crippen LogP contribution in [0.1, 0.15) is 18.2 Å². The lowest BCUT2D eigenvalue weighted by atomic mass is 10.1. The van der Waals surface area contributed by atoms with Crippen LogP contribution in [0.2, 0.25) is 0 Å². The second-order valence-corrected chi connectivity index (χ2v) is 10.7. The van der Waals surface area contributed by atoms with Crippen LogP contribution in [-0.4, -0.2) is 68.4 Å². The number of carbonyl (C=O) groups is 2. The summed E-state index contributed by atoms with van der Waals surface area (Å²) in [5, 5.41) is 2.79. The first-order valence-electron chi connectivity index (χ1n) is 12.3. The zero-order chi connectivity index (χ0) is 27.0. The maximum absolute atomic E-state index is 13.2. The van der Waals surface area contributed by atoms with Crippen LogP contribution < -0.4 is 10.1 Å². The molecule has 10 nitrogen and oxygen atoms in total. The number of rotatable bonds is 11. The summed E-state index contributed by atoms with van der Waals surface area (Å²) in [7, 11) is -3.63. The average Bonchev–Trinajstić information content (AvgIpc) is 3.48. The van der Waals surface area contributed by atoms with Gasteiger partial charge in [0.2, 0.25) is 15.9 Å². The highest BCUT2D eigenvalue weighted by Gasteiger charge is 2.28. The molecular formula is C27H31N3O7S. The van der Waals surface area contributed by atoms with Crippen molar-refractivity contribution in [2.75, 3.05) is 32.9 Å². The molecule has 1 atom stereocenters. The van der Waals surface area contributed by atoms with Crippen molar-refractivity contribution >= 4 is 21.8 Å². The van der Waals surface area contributed by atoms with Crippen LogP contribution in [0.15, 0.2) is 82.3 Å². The Balaban J connectivity index is 1.40. The van der Waals surface area contributed by atoms with E-state index in [1.165, 1.54) is 39.7 Å². The van der Waals surface area contributed by atoms with Crippen LogP contribution in [-0.2, 0) is 37.4 Å². The van der Waals surface area contributed by atoms with Crippen molar-refractivity contribution in [2.45, 2.75) is 31.0 Å². The van der Waals surface area contributed by atoms with Crippen LogP contribution in [0.5, 0.6) is 5.75 Å². The van der Waals surface area contributed by atoms with Crippen molar-refractivity contribution in [2.24, 2.45) is 0 Å². The van der Waals surface area contributed by atoms with Crippen molar-refractivity contribution in [1.82, 2.24) is 14.5 Å². The number of furan rings is 1. The van der Waals surface area contributed by atoms with E-state index in [1.54, 1.807) is 19.1 Å². The highest BCUT2D eigenvalue weighted by molar-refractivity contribution is 7.89. The molecular weight excluding hydrogens is 510 g/mol. The van der Waals surface area contributed by atoms with E-state index >= 15 is 0 Å². The molecule has 3 aromatic rings. The predicted octanol–water partition coefficient (Wildman–Crippen LogP) is 2.41. The second kappa shape index (κ2) is 12.7. The van der Waals surface area contributed by atoms with Crippen molar-refractivity contribution in [3.8, 4) is 5.75 Å². The molecule has 1 fully saturated rings. The van der Waals surface area contributed by atoms with Crippen LogP contribution in [0.4, 0.5) is 0 Å². The Morgan fingerprint density at radius 2 is 1.74 bits per heavy atom. The van der Waals surface area contributed by atoms with Gasteiger partial charge < -0.3 is 24.1 Å². The van der Waals surface area contributed by atoms with Crippen molar-refractivity contribution < 1.29 is 31.9 Å². The van der Waals surface area contributed by atoms with Crippen LogP contribution in [0.25, 0.3) is 0 Å². The fourth-order valence-electron chi connectivity index (χ4n) is 3.97. The lowest BCUT2D eigenvalue weighted by molar-refractivity contribution is -0.142. The van der Waals surface area contributed by atoms with Crippen molar-refractivity contribution in [3.63, 3.8) is 0 Å². The van der Waals surface area contributed by atoms with Gasteiger partial charge in [0, 0.05) is 19.6 Å². The maximum Gasteiger partial charge on any atom is 0.261 e. The molecule has 0 radical (unpaired) electrons. The van der Waals surface area contributed by atoms with E-state index in [-0.39, 0.29) is 36.4 Å². The molecule has 0 saturated carbocycles. The summed E-state index contributed by atoms with van der Waals surface area (Å²) >= 11 is 0. The summed E-state index contributed by atoms with van der Waals surface area (Å²) in [5.41, 5.74) is 0.865. The normalized spacial score (nSPS) is 15.0. The lowest BCUT2D eigenvalue weighted by Gasteiger charge is -2.28. The molecule has 2 heterocycles. The molecule has 1 N–H and O–H groups in total. The fraction of sp³-hybridized carbons (Fsp3) is 0.333. The quantitative estimate of drug-likeness (QED) is 0.396. The van der Waals surface area contributed by atoms with Gasteiger partial charge in [-0.15, -0.1) is 0 Å². The van der Waals surface area contributed by atoms with E-state index in [0.29, 0.717) is 37.8 Å². The molecule has 0 bridgehead atoms. The molecule has 1 saturated heterocycles. The number of morpholine rings is 1. The summed E-state index contributed by atoms with van der Waals surface area (Å²) < 4.78 is 43.2. The highest BCUT2D eigenvalue weighted by atomic mass is 32.2. The van der Waals surface area contributed by atoms with E-state index in [9.17, 15) is 18.0 Å². The van der Waals surface area contributed by atoms with Gasteiger partial charge in [0.25, 0.3) is 5.91 Å². The minimum atomic E-state index is -3.63. The first-order valence-corrected chi connectivity index (χ1v) is 13.7. The third kappa shape index (κ3) is 7.00.